The largest absolute Gasteiger partial charge is 0.484 e. The molecule has 0 aliphatic carbocycles. The molecule has 1 heterocycles. The van der Waals surface area contributed by atoms with Gasteiger partial charge in [-0.1, -0.05) is 58.3 Å². The van der Waals surface area contributed by atoms with Crippen molar-refractivity contribution in [2.75, 3.05) is 13.2 Å². The van der Waals surface area contributed by atoms with Gasteiger partial charge in [0.15, 0.2) is 5.05 Å². The van der Waals surface area contributed by atoms with E-state index in [9.17, 15) is 15.3 Å². The van der Waals surface area contributed by atoms with Gasteiger partial charge < -0.3 is 24.8 Å². The lowest BCUT2D eigenvalue weighted by Crippen LogP contribution is -2.41. The molecule has 0 aromatic carbocycles. The van der Waals surface area contributed by atoms with E-state index < -0.39 is 24.4 Å². The molecule has 0 saturated carbocycles. The zero-order valence-corrected chi connectivity index (χ0v) is 15.7. The highest BCUT2D eigenvalue weighted by molar-refractivity contribution is 7.80. The van der Waals surface area contributed by atoms with Crippen LogP contribution < -0.4 is 0 Å². The molecule has 3 N–H and O–H groups in total. The van der Waals surface area contributed by atoms with Crippen LogP contribution in [0.4, 0.5) is 0 Å². The predicted molar refractivity (Wildman–Crippen MR) is 98.2 cm³/mol. The van der Waals surface area contributed by atoms with E-state index in [0.29, 0.717) is 11.5 Å². The van der Waals surface area contributed by atoms with Crippen molar-refractivity contribution in [1.29, 1.82) is 0 Å². The van der Waals surface area contributed by atoms with E-state index in [1.165, 1.54) is 44.9 Å². The van der Waals surface area contributed by atoms with E-state index in [0.717, 1.165) is 12.8 Å². The molecule has 0 bridgehead atoms. The maximum Gasteiger partial charge on any atom is 0.159 e. The second kappa shape index (κ2) is 13.0. The van der Waals surface area contributed by atoms with Crippen molar-refractivity contribution in [3.63, 3.8) is 0 Å². The van der Waals surface area contributed by atoms with Crippen LogP contribution in [0.1, 0.15) is 71.1 Å². The number of hydrogen-bond donors (Lipinski definition) is 3. The summed E-state index contributed by atoms with van der Waals surface area (Å²) in [4.78, 5) is 0. The minimum absolute atomic E-state index is 0.00922. The Morgan fingerprint density at radius 1 is 1.08 bits per heavy atom. The number of hydrogen-bond acceptors (Lipinski definition) is 6. The summed E-state index contributed by atoms with van der Waals surface area (Å²) in [7, 11) is 0. The zero-order valence-electron chi connectivity index (χ0n) is 14.9. The van der Waals surface area contributed by atoms with Crippen LogP contribution in [0.25, 0.3) is 0 Å². The normalized spacial score (nSPS) is 24.9. The Morgan fingerprint density at radius 2 is 1.67 bits per heavy atom. The fourth-order valence-electron chi connectivity index (χ4n) is 2.89. The van der Waals surface area contributed by atoms with Gasteiger partial charge in [-0.2, -0.15) is 0 Å². The zero-order chi connectivity index (χ0) is 17.8. The summed E-state index contributed by atoms with van der Waals surface area (Å²) in [5.74, 6) is 0. The molecule has 0 radical (unpaired) electrons. The van der Waals surface area contributed by atoms with Crippen molar-refractivity contribution in [2.45, 2.75) is 95.5 Å². The number of aliphatic hydroxyl groups is 3. The minimum atomic E-state index is -1.07. The fraction of sp³-hybridized carbons (Fsp3) is 0.944. The summed E-state index contributed by atoms with van der Waals surface area (Å²) in [6.45, 7) is 2.26. The van der Waals surface area contributed by atoms with Gasteiger partial charge in [-0.3, -0.25) is 0 Å². The molecule has 5 nitrogen and oxygen atoms in total. The van der Waals surface area contributed by atoms with E-state index >= 15 is 0 Å². The molecule has 1 saturated heterocycles. The summed E-state index contributed by atoms with van der Waals surface area (Å²) in [5.41, 5.74) is 0. The third-order valence-electron chi connectivity index (χ3n) is 4.47. The molecule has 0 spiro atoms. The van der Waals surface area contributed by atoms with Gasteiger partial charge in [0, 0.05) is 6.42 Å². The third-order valence-corrected chi connectivity index (χ3v) is 4.79. The second-order valence-corrected chi connectivity index (χ2v) is 7.14. The van der Waals surface area contributed by atoms with Crippen LogP contribution in [0.5, 0.6) is 0 Å². The second-order valence-electron chi connectivity index (χ2n) is 6.68. The van der Waals surface area contributed by atoms with Crippen LogP contribution in [0.2, 0.25) is 0 Å². The van der Waals surface area contributed by atoms with E-state index in [1.54, 1.807) is 0 Å². The van der Waals surface area contributed by atoms with Crippen LogP contribution in [0, 0.1) is 0 Å². The van der Waals surface area contributed by atoms with Gasteiger partial charge in [0.25, 0.3) is 0 Å². The number of unbranched alkanes of at least 4 members (excludes halogenated alkanes) is 8. The summed E-state index contributed by atoms with van der Waals surface area (Å²) in [6, 6.07) is 0. The van der Waals surface area contributed by atoms with Crippen LogP contribution in [0.15, 0.2) is 0 Å². The molecule has 1 fully saturated rings. The first kappa shape index (κ1) is 21.8. The maximum absolute atomic E-state index is 9.94. The van der Waals surface area contributed by atoms with E-state index in [4.69, 9.17) is 21.7 Å². The fourth-order valence-corrected chi connectivity index (χ4v) is 3.10. The van der Waals surface area contributed by atoms with Crippen LogP contribution in [0.3, 0.4) is 0 Å². The van der Waals surface area contributed by atoms with Gasteiger partial charge in [-0.05, 0) is 18.6 Å². The number of rotatable bonds is 13. The van der Waals surface area contributed by atoms with Crippen LogP contribution >= 0.6 is 12.2 Å². The smallest absolute Gasteiger partial charge is 0.159 e. The monoisotopic (exact) mass is 362 g/mol. The molecular weight excluding hydrogens is 328 g/mol. The summed E-state index contributed by atoms with van der Waals surface area (Å²) in [6.07, 6.45) is 8.23. The van der Waals surface area contributed by atoms with Crippen molar-refractivity contribution in [3.8, 4) is 0 Å². The van der Waals surface area contributed by atoms with Gasteiger partial charge in [-0.25, -0.2) is 0 Å². The molecule has 1 rings (SSSR count). The maximum atomic E-state index is 9.94. The van der Waals surface area contributed by atoms with Crippen molar-refractivity contribution in [2.24, 2.45) is 0 Å². The quantitative estimate of drug-likeness (QED) is 0.345. The topological polar surface area (TPSA) is 79.2 Å². The minimum Gasteiger partial charge on any atom is -0.484 e. The van der Waals surface area contributed by atoms with Crippen LogP contribution in [-0.2, 0) is 9.47 Å². The van der Waals surface area contributed by atoms with E-state index in [-0.39, 0.29) is 13.2 Å². The number of aliphatic hydroxyl groups excluding tert-OH is 3. The third kappa shape index (κ3) is 8.72. The van der Waals surface area contributed by atoms with Gasteiger partial charge in [0.2, 0.25) is 0 Å². The average molecular weight is 363 g/mol. The molecule has 0 aromatic heterocycles. The highest BCUT2D eigenvalue weighted by atomic mass is 32.1. The highest BCUT2D eigenvalue weighted by Crippen LogP contribution is 2.18. The lowest BCUT2D eigenvalue weighted by Gasteiger charge is -2.21. The first-order chi connectivity index (χ1) is 11.6. The van der Waals surface area contributed by atoms with Crippen molar-refractivity contribution >= 4 is 17.3 Å². The molecule has 4 atom stereocenters. The van der Waals surface area contributed by atoms with E-state index in [2.05, 4.69) is 6.92 Å². The number of ether oxygens (including phenoxy) is 2. The summed E-state index contributed by atoms with van der Waals surface area (Å²) >= 11 is 5.16. The van der Waals surface area contributed by atoms with Crippen molar-refractivity contribution in [1.82, 2.24) is 0 Å². The lowest BCUT2D eigenvalue weighted by atomic mass is 10.1. The van der Waals surface area contributed by atoms with Gasteiger partial charge in [-0.15, -0.1) is 0 Å². The first-order valence-electron chi connectivity index (χ1n) is 9.37. The standard InChI is InChI=1S/C18H34O5S/c1-2-3-4-5-6-7-8-9-10-11-16(24)22-13-15(20)18-17(21)14(19)12-23-18/h14-15,17-21H,2-13H2,1H3/t14-,15+,17-,18-/m0/s1. The van der Waals surface area contributed by atoms with Crippen molar-refractivity contribution < 1.29 is 24.8 Å². The molecule has 142 valence electrons. The number of thiocarbonyl (C=S) groups is 1. The molecule has 24 heavy (non-hydrogen) atoms. The van der Waals surface area contributed by atoms with Crippen molar-refractivity contribution in [3.05, 3.63) is 0 Å². The SMILES string of the molecule is CCCCCCCCCCCC(=S)OC[C@@H](O)[C@@H]1OC[C@H](O)[C@@H]1O. The Bertz CT molecular complexity index is 339. The molecule has 0 unspecified atom stereocenters. The molecular formula is C18H34O5S. The summed E-state index contributed by atoms with van der Waals surface area (Å²) in [5, 5.41) is 29.5. The lowest BCUT2D eigenvalue weighted by molar-refractivity contribution is -0.0663. The van der Waals surface area contributed by atoms with Gasteiger partial charge >= 0.3 is 0 Å². The van der Waals surface area contributed by atoms with E-state index in [1.807, 2.05) is 0 Å². The highest BCUT2D eigenvalue weighted by Gasteiger charge is 2.39. The Kier molecular flexibility index (Phi) is 11.8. The molecule has 1 aliphatic heterocycles. The summed E-state index contributed by atoms with van der Waals surface area (Å²) < 4.78 is 10.5. The van der Waals surface area contributed by atoms with Gasteiger partial charge in [0.05, 0.1) is 6.61 Å². The molecule has 0 amide bonds. The van der Waals surface area contributed by atoms with Gasteiger partial charge in [0.1, 0.15) is 31.0 Å². The predicted octanol–water partition coefficient (Wildman–Crippen LogP) is 2.73. The molecule has 6 heteroatoms. The Balaban J connectivity index is 1.96. The Hall–Kier alpha value is -0.270. The average Bonchev–Trinajstić information content (AvgIpc) is 2.90. The Labute approximate surface area is 151 Å². The molecule has 0 aromatic rings. The Morgan fingerprint density at radius 3 is 2.21 bits per heavy atom. The molecule has 1 aliphatic rings. The first-order valence-corrected chi connectivity index (χ1v) is 9.78. The van der Waals surface area contributed by atoms with Crippen LogP contribution in [-0.4, -0.2) is 58.0 Å².